The van der Waals surface area contributed by atoms with E-state index in [1.54, 1.807) is 6.08 Å². The molecule has 1 fully saturated rings. The lowest BCUT2D eigenvalue weighted by molar-refractivity contribution is 0.118. The zero-order chi connectivity index (χ0) is 12.2. The largest absolute Gasteiger partial charge is 0.373 e. The monoisotopic (exact) mass is 220 g/mol. The first-order chi connectivity index (χ1) is 7.49. The van der Waals surface area contributed by atoms with E-state index >= 15 is 0 Å². The van der Waals surface area contributed by atoms with Gasteiger partial charge in [0.25, 0.3) is 0 Å². The molecule has 1 heterocycles. The number of rotatable bonds is 3. The van der Waals surface area contributed by atoms with Gasteiger partial charge in [-0.3, -0.25) is 0 Å². The smallest absolute Gasteiger partial charge is 0.0825 e. The van der Waals surface area contributed by atoms with Crippen molar-refractivity contribution in [2.75, 3.05) is 6.61 Å². The van der Waals surface area contributed by atoms with E-state index in [0.29, 0.717) is 11.3 Å². The Labute approximate surface area is 99.9 Å². The van der Waals surface area contributed by atoms with Gasteiger partial charge in [0.2, 0.25) is 0 Å². The molecule has 2 atom stereocenters. The average Bonchev–Trinajstić information content (AvgIpc) is 2.68. The normalized spacial score (nSPS) is 27.6. The van der Waals surface area contributed by atoms with E-state index in [1.807, 2.05) is 6.08 Å². The molecule has 0 aliphatic carbocycles. The van der Waals surface area contributed by atoms with Crippen LogP contribution < -0.4 is 0 Å². The van der Waals surface area contributed by atoms with Crippen molar-refractivity contribution in [3.05, 3.63) is 36.5 Å². The molecule has 0 spiro atoms. The molecule has 1 heteroatoms. The Balaban J connectivity index is 2.65. The minimum Gasteiger partial charge on any atom is -0.373 e. The summed E-state index contributed by atoms with van der Waals surface area (Å²) in [7, 11) is 0. The van der Waals surface area contributed by atoms with Crippen LogP contribution in [0.15, 0.2) is 36.5 Å². The van der Waals surface area contributed by atoms with Crippen LogP contribution in [0.25, 0.3) is 0 Å². The van der Waals surface area contributed by atoms with E-state index in [-0.39, 0.29) is 6.10 Å². The third-order valence-corrected chi connectivity index (χ3v) is 3.35. The summed E-state index contributed by atoms with van der Waals surface area (Å²) < 4.78 is 5.89. The van der Waals surface area contributed by atoms with Crippen molar-refractivity contribution in [2.45, 2.75) is 40.2 Å². The summed E-state index contributed by atoms with van der Waals surface area (Å²) in [4.78, 5) is 0. The van der Waals surface area contributed by atoms with Crippen molar-refractivity contribution < 1.29 is 4.74 Å². The Bertz CT molecular complexity index is 291. The molecular formula is C15H24O. The lowest BCUT2D eigenvalue weighted by Gasteiger charge is -2.25. The molecule has 0 aromatic carbocycles. The Kier molecular flexibility index (Phi) is 4.55. The van der Waals surface area contributed by atoms with E-state index in [1.165, 1.54) is 5.57 Å². The number of allylic oxidation sites excluding steroid dienone is 3. The van der Waals surface area contributed by atoms with Crippen LogP contribution in [0.4, 0.5) is 0 Å². The van der Waals surface area contributed by atoms with Crippen LogP contribution in [-0.4, -0.2) is 12.7 Å². The van der Waals surface area contributed by atoms with E-state index in [4.69, 9.17) is 4.74 Å². The third-order valence-electron chi connectivity index (χ3n) is 3.35. The Hall–Kier alpha value is -0.820. The minimum atomic E-state index is 0.269. The minimum absolute atomic E-state index is 0.269. The molecule has 0 bridgehead atoms. The molecular weight excluding hydrogens is 196 g/mol. The Morgan fingerprint density at radius 2 is 2.06 bits per heavy atom. The van der Waals surface area contributed by atoms with Crippen molar-refractivity contribution in [1.29, 1.82) is 0 Å². The summed E-state index contributed by atoms with van der Waals surface area (Å²) in [6, 6.07) is 0. The van der Waals surface area contributed by atoms with Crippen molar-refractivity contribution >= 4 is 0 Å². The van der Waals surface area contributed by atoms with Crippen molar-refractivity contribution in [3.63, 3.8) is 0 Å². The fraction of sp³-hybridized carbons (Fsp3) is 0.600. The van der Waals surface area contributed by atoms with E-state index in [0.717, 1.165) is 13.0 Å². The molecule has 0 radical (unpaired) electrons. The maximum Gasteiger partial charge on any atom is 0.0825 e. The summed E-state index contributed by atoms with van der Waals surface area (Å²) >= 11 is 0. The Morgan fingerprint density at radius 3 is 2.50 bits per heavy atom. The molecule has 1 nitrogen and oxygen atoms in total. The highest BCUT2D eigenvalue weighted by Gasteiger charge is 2.34. The average molecular weight is 220 g/mol. The Morgan fingerprint density at radius 1 is 1.38 bits per heavy atom. The highest BCUT2D eigenvalue weighted by molar-refractivity contribution is 5.26. The van der Waals surface area contributed by atoms with Gasteiger partial charge in [0.1, 0.15) is 0 Å². The second-order valence-electron chi connectivity index (χ2n) is 5.50. The van der Waals surface area contributed by atoms with Crippen LogP contribution in [-0.2, 0) is 4.74 Å². The zero-order valence-corrected chi connectivity index (χ0v) is 11.0. The molecule has 90 valence electrons. The van der Waals surface area contributed by atoms with Crippen LogP contribution in [0.3, 0.4) is 0 Å². The summed E-state index contributed by atoms with van der Waals surface area (Å²) in [5, 5.41) is 0. The molecule has 1 aliphatic rings. The van der Waals surface area contributed by atoms with Gasteiger partial charge in [0.05, 0.1) is 12.7 Å². The fourth-order valence-electron chi connectivity index (χ4n) is 2.03. The topological polar surface area (TPSA) is 9.23 Å². The van der Waals surface area contributed by atoms with E-state index in [9.17, 15) is 0 Å². The number of hydrogen-bond acceptors (Lipinski definition) is 1. The molecule has 0 N–H and O–H groups in total. The summed E-state index contributed by atoms with van der Waals surface area (Å²) in [6.07, 6.45) is 9.41. The van der Waals surface area contributed by atoms with Crippen molar-refractivity contribution in [3.8, 4) is 0 Å². The van der Waals surface area contributed by atoms with E-state index in [2.05, 4.69) is 46.4 Å². The standard InChI is InChI=1S/C15H24O/c1-6-8-9-12(7-2)14-10-13(11-16-14)15(3,4)5/h6-9,13-14H,1,10-11H2,2-5H3/b9-8-,12-7+. The predicted octanol–water partition coefficient (Wildman–Crippen LogP) is 4.13. The first-order valence-electron chi connectivity index (χ1n) is 6.06. The van der Waals surface area contributed by atoms with Crippen LogP contribution >= 0.6 is 0 Å². The van der Waals surface area contributed by atoms with Crippen molar-refractivity contribution in [2.24, 2.45) is 11.3 Å². The first kappa shape index (κ1) is 13.2. The quantitative estimate of drug-likeness (QED) is 0.650. The number of hydrogen-bond donors (Lipinski definition) is 0. The lowest BCUT2D eigenvalue weighted by Crippen LogP contribution is -2.20. The highest BCUT2D eigenvalue weighted by Crippen LogP contribution is 2.37. The molecule has 0 aromatic rings. The second kappa shape index (κ2) is 5.49. The van der Waals surface area contributed by atoms with E-state index < -0.39 is 0 Å². The summed E-state index contributed by atoms with van der Waals surface area (Å²) in [5.74, 6) is 0.657. The molecule has 0 saturated carbocycles. The summed E-state index contributed by atoms with van der Waals surface area (Å²) in [6.45, 7) is 13.5. The maximum absolute atomic E-state index is 5.89. The maximum atomic E-state index is 5.89. The second-order valence-corrected chi connectivity index (χ2v) is 5.50. The summed E-state index contributed by atoms with van der Waals surface area (Å²) in [5.41, 5.74) is 1.61. The van der Waals surface area contributed by atoms with Gasteiger partial charge in [-0.2, -0.15) is 0 Å². The highest BCUT2D eigenvalue weighted by atomic mass is 16.5. The molecule has 1 rings (SSSR count). The van der Waals surface area contributed by atoms with Gasteiger partial charge in [0, 0.05) is 0 Å². The van der Waals surface area contributed by atoms with Gasteiger partial charge in [-0.1, -0.05) is 51.7 Å². The number of ether oxygens (including phenoxy) is 1. The van der Waals surface area contributed by atoms with Gasteiger partial charge >= 0.3 is 0 Å². The van der Waals surface area contributed by atoms with Crippen LogP contribution in [0.5, 0.6) is 0 Å². The third kappa shape index (κ3) is 3.34. The molecule has 16 heavy (non-hydrogen) atoms. The molecule has 2 unspecified atom stereocenters. The molecule has 0 amide bonds. The van der Waals surface area contributed by atoms with Gasteiger partial charge in [-0.25, -0.2) is 0 Å². The molecule has 1 saturated heterocycles. The van der Waals surface area contributed by atoms with Gasteiger partial charge < -0.3 is 4.74 Å². The van der Waals surface area contributed by atoms with Gasteiger partial charge in [-0.05, 0) is 30.3 Å². The molecule has 1 aliphatic heterocycles. The first-order valence-corrected chi connectivity index (χ1v) is 6.06. The molecule has 0 aromatic heterocycles. The zero-order valence-electron chi connectivity index (χ0n) is 11.0. The van der Waals surface area contributed by atoms with Crippen LogP contribution in [0.2, 0.25) is 0 Å². The van der Waals surface area contributed by atoms with Crippen LogP contribution in [0, 0.1) is 11.3 Å². The predicted molar refractivity (Wildman–Crippen MR) is 70.4 cm³/mol. The van der Waals surface area contributed by atoms with Gasteiger partial charge in [-0.15, -0.1) is 0 Å². The van der Waals surface area contributed by atoms with Gasteiger partial charge in [0.15, 0.2) is 0 Å². The lowest BCUT2D eigenvalue weighted by atomic mass is 9.79. The SMILES string of the molecule is C=C/C=C\C(=C/C)C1CC(C(C)(C)C)CO1. The fourth-order valence-corrected chi connectivity index (χ4v) is 2.03. The van der Waals surface area contributed by atoms with Crippen LogP contribution in [0.1, 0.15) is 34.1 Å². The van der Waals surface area contributed by atoms with Crippen molar-refractivity contribution in [1.82, 2.24) is 0 Å².